The number of hydrogen-bond donors (Lipinski definition) is 0. The quantitative estimate of drug-likeness (QED) is 0.189. The molecule has 1 aliphatic rings. The van der Waals surface area contributed by atoms with E-state index in [0.29, 0.717) is 0 Å². The number of anilines is 3. The van der Waals surface area contributed by atoms with Crippen molar-refractivity contribution in [1.29, 1.82) is 0 Å². The van der Waals surface area contributed by atoms with Crippen molar-refractivity contribution in [2.75, 3.05) is 4.90 Å². The molecule has 0 radical (unpaired) electrons. The van der Waals surface area contributed by atoms with Gasteiger partial charge in [0.25, 0.3) is 0 Å². The number of para-hydroxylation sites is 2. The molecule has 8 aromatic carbocycles. The molecule has 0 saturated heterocycles. The average molecular weight is 626 g/mol. The predicted molar refractivity (Wildman–Crippen MR) is 203 cm³/mol. The Labute approximate surface area is 285 Å². The van der Waals surface area contributed by atoms with Crippen molar-refractivity contribution in [2.24, 2.45) is 0 Å². The van der Waals surface area contributed by atoms with Gasteiger partial charge in [0.1, 0.15) is 11.2 Å². The van der Waals surface area contributed by atoms with Crippen LogP contribution in [0.4, 0.5) is 17.1 Å². The molecule has 1 aliphatic carbocycles. The normalized spacial score (nSPS) is 13.1. The molecule has 49 heavy (non-hydrogen) atoms. The summed E-state index contributed by atoms with van der Waals surface area (Å²) in [7, 11) is 0. The monoisotopic (exact) mass is 625 g/mol. The van der Waals surface area contributed by atoms with E-state index in [0.717, 1.165) is 39.0 Å². The van der Waals surface area contributed by atoms with Crippen LogP contribution in [0.5, 0.6) is 0 Å². The predicted octanol–water partition coefficient (Wildman–Crippen LogP) is 12.6. The minimum absolute atomic E-state index is 0.533. The van der Waals surface area contributed by atoms with E-state index >= 15 is 0 Å². The summed E-state index contributed by atoms with van der Waals surface area (Å²) in [5.74, 6) is 0. The van der Waals surface area contributed by atoms with Gasteiger partial charge in [-0.3, -0.25) is 0 Å². The molecule has 0 unspecified atom stereocenters. The fraction of sp³-hybridized carbons (Fsp3) is 0.0213. The maximum absolute atomic E-state index is 6.39. The molecule has 9 aromatic rings. The Morgan fingerprint density at radius 1 is 0.388 bits per heavy atom. The second-order valence-electron chi connectivity index (χ2n) is 12.9. The van der Waals surface area contributed by atoms with Gasteiger partial charge in [-0.2, -0.15) is 0 Å². The highest BCUT2D eigenvalue weighted by Crippen LogP contribution is 2.59. The topological polar surface area (TPSA) is 16.4 Å². The SMILES string of the molecule is c1ccc(N(c2ccc3c(c2)C(c2ccccc2)(c2ccccc2)c2c-3ccc3ccccc23)c2ccc3c(c2)oc2ccccc23)cc1. The summed E-state index contributed by atoms with van der Waals surface area (Å²) < 4.78 is 6.39. The molecule has 230 valence electrons. The van der Waals surface area contributed by atoms with Crippen molar-refractivity contribution in [2.45, 2.75) is 5.41 Å². The summed E-state index contributed by atoms with van der Waals surface area (Å²) in [4.78, 5) is 2.36. The molecule has 0 amide bonds. The van der Waals surface area contributed by atoms with Gasteiger partial charge in [-0.1, -0.05) is 140 Å². The van der Waals surface area contributed by atoms with Gasteiger partial charge in [-0.15, -0.1) is 0 Å². The van der Waals surface area contributed by atoms with Crippen LogP contribution < -0.4 is 4.90 Å². The number of benzene rings is 8. The van der Waals surface area contributed by atoms with Crippen LogP contribution in [0.25, 0.3) is 43.8 Å². The van der Waals surface area contributed by atoms with E-state index in [1.807, 2.05) is 12.1 Å². The maximum atomic E-state index is 6.39. The highest BCUT2D eigenvalue weighted by molar-refractivity contribution is 6.06. The standard InChI is InChI=1S/C47H31NO/c1-4-15-33(16-5-1)47(34-17-6-2-7-18-34)43-30-36(25-28-39(43)42-27-24-32-14-10-11-21-38(32)46(42)47)48(35-19-8-3-9-20-35)37-26-29-41-40-22-12-13-23-44(40)49-45(41)31-37/h1-31H. The summed E-state index contributed by atoms with van der Waals surface area (Å²) in [6.07, 6.45) is 0. The fourth-order valence-electron chi connectivity index (χ4n) is 8.27. The molecule has 10 rings (SSSR count). The Balaban J connectivity index is 1.28. The largest absolute Gasteiger partial charge is 0.456 e. The van der Waals surface area contributed by atoms with Crippen molar-refractivity contribution >= 4 is 49.8 Å². The summed E-state index contributed by atoms with van der Waals surface area (Å²) >= 11 is 0. The van der Waals surface area contributed by atoms with Crippen molar-refractivity contribution < 1.29 is 4.42 Å². The lowest BCUT2D eigenvalue weighted by Crippen LogP contribution is -2.29. The smallest absolute Gasteiger partial charge is 0.137 e. The van der Waals surface area contributed by atoms with Gasteiger partial charge in [0.05, 0.1) is 5.41 Å². The van der Waals surface area contributed by atoms with Crippen LogP contribution in [-0.4, -0.2) is 0 Å². The van der Waals surface area contributed by atoms with E-state index in [2.05, 4.69) is 181 Å². The lowest BCUT2D eigenvalue weighted by molar-refractivity contribution is 0.669. The Morgan fingerprint density at radius 3 is 1.71 bits per heavy atom. The molecule has 1 heterocycles. The summed E-state index contributed by atoms with van der Waals surface area (Å²) in [5.41, 5.74) is 12.1. The van der Waals surface area contributed by atoms with Gasteiger partial charge in [-0.25, -0.2) is 0 Å². The third-order valence-electron chi connectivity index (χ3n) is 10.3. The molecule has 2 nitrogen and oxygen atoms in total. The maximum Gasteiger partial charge on any atom is 0.137 e. The summed E-state index contributed by atoms with van der Waals surface area (Å²) in [6, 6.07) is 68.1. The first-order chi connectivity index (χ1) is 24.3. The van der Waals surface area contributed by atoms with Gasteiger partial charge >= 0.3 is 0 Å². The van der Waals surface area contributed by atoms with Crippen LogP contribution in [0.2, 0.25) is 0 Å². The first-order valence-electron chi connectivity index (χ1n) is 16.9. The van der Waals surface area contributed by atoms with E-state index in [9.17, 15) is 0 Å². The van der Waals surface area contributed by atoms with E-state index < -0.39 is 5.41 Å². The third kappa shape index (κ3) is 4.07. The third-order valence-corrected chi connectivity index (χ3v) is 10.3. The molecule has 0 bridgehead atoms. The number of furan rings is 1. The Kier molecular flexibility index (Phi) is 6.13. The van der Waals surface area contributed by atoms with Crippen LogP contribution in [0.1, 0.15) is 22.3 Å². The molecular weight excluding hydrogens is 595 g/mol. The van der Waals surface area contributed by atoms with Crippen molar-refractivity contribution in [3.8, 4) is 11.1 Å². The minimum atomic E-state index is -0.533. The summed E-state index contributed by atoms with van der Waals surface area (Å²) in [5, 5.41) is 4.78. The van der Waals surface area contributed by atoms with Crippen molar-refractivity contribution in [3.05, 3.63) is 210 Å². The lowest BCUT2D eigenvalue weighted by Gasteiger charge is -2.35. The van der Waals surface area contributed by atoms with E-state index in [4.69, 9.17) is 4.42 Å². The Bertz CT molecular complexity index is 2620. The van der Waals surface area contributed by atoms with Gasteiger partial charge in [0.15, 0.2) is 0 Å². The van der Waals surface area contributed by atoms with Crippen LogP contribution in [0, 0.1) is 0 Å². The molecule has 2 heteroatoms. The molecule has 0 fully saturated rings. The lowest BCUT2D eigenvalue weighted by atomic mass is 9.66. The highest BCUT2D eigenvalue weighted by atomic mass is 16.3. The molecule has 1 aromatic heterocycles. The Morgan fingerprint density at radius 2 is 0.959 bits per heavy atom. The fourth-order valence-corrected chi connectivity index (χ4v) is 8.27. The number of nitrogens with zero attached hydrogens (tertiary/aromatic N) is 1. The molecule has 0 saturated carbocycles. The van der Waals surface area contributed by atoms with Gasteiger partial charge < -0.3 is 9.32 Å². The van der Waals surface area contributed by atoms with Crippen LogP contribution >= 0.6 is 0 Å². The zero-order valence-electron chi connectivity index (χ0n) is 26.8. The minimum Gasteiger partial charge on any atom is -0.456 e. The average Bonchev–Trinajstić information content (AvgIpc) is 3.69. The molecule has 0 N–H and O–H groups in total. The molecule has 0 spiro atoms. The second kappa shape index (κ2) is 10.8. The summed E-state index contributed by atoms with van der Waals surface area (Å²) in [6.45, 7) is 0. The molecule has 0 atom stereocenters. The van der Waals surface area contributed by atoms with E-state index in [-0.39, 0.29) is 0 Å². The molecular formula is C47H31NO. The van der Waals surface area contributed by atoms with Crippen LogP contribution in [0.3, 0.4) is 0 Å². The van der Waals surface area contributed by atoms with Crippen LogP contribution in [0.15, 0.2) is 192 Å². The second-order valence-corrected chi connectivity index (χ2v) is 12.9. The number of rotatable bonds is 5. The Hall–Kier alpha value is -6.38. The van der Waals surface area contributed by atoms with E-state index in [1.165, 1.54) is 44.2 Å². The van der Waals surface area contributed by atoms with Gasteiger partial charge in [0, 0.05) is 33.9 Å². The van der Waals surface area contributed by atoms with Crippen molar-refractivity contribution in [3.63, 3.8) is 0 Å². The molecule has 0 aliphatic heterocycles. The van der Waals surface area contributed by atoms with Crippen LogP contribution in [-0.2, 0) is 5.41 Å². The first-order valence-corrected chi connectivity index (χ1v) is 16.9. The number of fused-ring (bicyclic) bond motifs is 8. The van der Waals surface area contributed by atoms with Gasteiger partial charge in [0.2, 0.25) is 0 Å². The zero-order valence-corrected chi connectivity index (χ0v) is 26.8. The van der Waals surface area contributed by atoms with E-state index in [1.54, 1.807) is 0 Å². The first kappa shape index (κ1) is 27.7. The van der Waals surface area contributed by atoms with Crippen molar-refractivity contribution in [1.82, 2.24) is 0 Å². The number of hydrogen-bond acceptors (Lipinski definition) is 2. The highest BCUT2D eigenvalue weighted by Gasteiger charge is 2.47. The van der Waals surface area contributed by atoms with Gasteiger partial charge in [-0.05, 0) is 86.6 Å². The zero-order chi connectivity index (χ0) is 32.4.